The number of carbonyl (C=O) groups is 2. The van der Waals surface area contributed by atoms with Crippen molar-refractivity contribution in [2.75, 3.05) is 5.32 Å². The van der Waals surface area contributed by atoms with Gasteiger partial charge in [0, 0.05) is 11.4 Å². The third-order valence-corrected chi connectivity index (χ3v) is 3.50. The maximum Gasteiger partial charge on any atom is 0.352 e. The number of carboxylic acids is 1. The van der Waals surface area contributed by atoms with E-state index in [0.29, 0.717) is 22.5 Å². The zero-order valence-electron chi connectivity index (χ0n) is 12.3. The highest BCUT2D eigenvalue weighted by Gasteiger charge is 2.21. The number of benzene rings is 1. The molecule has 0 atom stereocenters. The van der Waals surface area contributed by atoms with E-state index in [-0.39, 0.29) is 11.6 Å². The molecule has 110 valence electrons. The van der Waals surface area contributed by atoms with Gasteiger partial charge >= 0.3 is 5.97 Å². The third kappa shape index (κ3) is 2.97. The first kappa shape index (κ1) is 14.8. The first-order chi connectivity index (χ1) is 9.93. The van der Waals surface area contributed by atoms with Crippen molar-refractivity contribution < 1.29 is 14.7 Å². The lowest BCUT2D eigenvalue weighted by Crippen LogP contribution is -2.14. The van der Waals surface area contributed by atoms with Crippen LogP contribution in [0.15, 0.2) is 24.3 Å². The molecule has 21 heavy (non-hydrogen) atoms. The van der Waals surface area contributed by atoms with Gasteiger partial charge in [0.2, 0.25) is 0 Å². The summed E-state index contributed by atoms with van der Waals surface area (Å²) < 4.78 is 0. The number of hydrogen-bond donors (Lipinski definition) is 3. The molecule has 1 amide bonds. The molecule has 5 heteroatoms. The van der Waals surface area contributed by atoms with Crippen molar-refractivity contribution in [1.29, 1.82) is 0 Å². The Morgan fingerprint density at radius 1 is 1.19 bits per heavy atom. The van der Waals surface area contributed by atoms with Crippen LogP contribution in [0.3, 0.4) is 0 Å². The lowest BCUT2D eigenvalue weighted by atomic mass is 10.1. The average Bonchev–Trinajstić information content (AvgIpc) is 2.75. The van der Waals surface area contributed by atoms with E-state index in [0.717, 1.165) is 6.42 Å². The van der Waals surface area contributed by atoms with Crippen molar-refractivity contribution in [3.8, 4) is 0 Å². The summed E-state index contributed by atoms with van der Waals surface area (Å²) in [4.78, 5) is 26.1. The van der Waals surface area contributed by atoms with Gasteiger partial charge < -0.3 is 15.4 Å². The topological polar surface area (TPSA) is 82.2 Å². The van der Waals surface area contributed by atoms with E-state index in [4.69, 9.17) is 5.11 Å². The molecule has 0 spiro atoms. The maximum absolute atomic E-state index is 12.3. The number of amides is 1. The molecule has 0 aliphatic heterocycles. The number of rotatable bonds is 4. The van der Waals surface area contributed by atoms with Crippen LogP contribution in [0.2, 0.25) is 0 Å². The Morgan fingerprint density at radius 3 is 2.29 bits per heavy atom. The van der Waals surface area contributed by atoms with E-state index in [1.807, 2.05) is 24.3 Å². The zero-order valence-corrected chi connectivity index (χ0v) is 12.3. The highest BCUT2D eigenvalue weighted by atomic mass is 16.4. The predicted octanol–water partition coefficient (Wildman–Crippen LogP) is 3.14. The molecule has 0 fully saturated rings. The lowest BCUT2D eigenvalue weighted by molar-refractivity contribution is 0.0690. The van der Waals surface area contributed by atoms with E-state index in [1.165, 1.54) is 5.56 Å². The Kier molecular flexibility index (Phi) is 4.12. The molecule has 2 aromatic rings. The van der Waals surface area contributed by atoms with Gasteiger partial charge in [-0.15, -0.1) is 0 Å². The molecule has 5 nitrogen and oxygen atoms in total. The summed E-state index contributed by atoms with van der Waals surface area (Å²) in [7, 11) is 0. The second kappa shape index (κ2) is 5.83. The zero-order chi connectivity index (χ0) is 15.6. The number of hydrogen-bond acceptors (Lipinski definition) is 2. The number of aromatic carboxylic acids is 1. The molecular weight excluding hydrogens is 268 g/mol. The van der Waals surface area contributed by atoms with Crippen molar-refractivity contribution in [2.45, 2.75) is 27.2 Å². The lowest BCUT2D eigenvalue weighted by Gasteiger charge is -2.07. The quantitative estimate of drug-likeness (QED) is 0.807. The molecule has 1 aromatic carbocycles. The second-order valence-electron chi connectivity index (χ2n) is 4.93. The van der Waals surface area contributed by atoms with Crippen LogP contribution in [0.1, 0.15) is 44.6 Å². The van der Waals surface area contributed by atoms with Gasteiger partial charge in [0.05, 0.1) is 5.56 Å². The summed E-state index contributed by atoms with van der Waals surface area (Å²) in [5, 5.41) is 11.9. The summed E-state index contributed by atoms with van der Waals surface area (Å²) in [5.74, 6) is -1.38. The van der Waals surface area contributed by atoms with Crippen molar-refractivity contribution in [3.05, 3.63) is 52.3 Å². The van der Waals surface area contributed by atoms with E-state index >= 15 is 0 Å². The number of aromatic amines is 1. The summed E-state index contributed by atoms with van der Waals surface area (Å²) in [6.45, 7) is 5.38. The number of carboxylic acid groups (broad SMARTS) is 1. The van der Waals surface area contributed by atoms with E-state index in [1.54, 1.807) is 13.8 Å². The van der Waals surface area contributed by atoms with Crippen LogP contribution < -0.4 is 5.32 Å². The number of H-pyrrole nitrogens is 1. The molecule has 1 aromatic heterocycles. The van der Waals surface area contributed by atoms with Gasteiger partial charge in [-0.1, -0.05) is 19.1 Å². The molecular formula is C16H18N2O3. The minimum absolute atomic E-state index is 0.0546. The largest absolute Gasteiger partial charge is 0.477 e. The molecule has 0 saturated carbocycles. The minimum atomic E-state index is -1.07. The Balaban J connectivity index is 2.26. The summed E-state index contributed by atoms with van der Waals surface area (Å²) >= 11 is 0. The Labute approximate surface area is 123 Å². The van der Waals surface area contributed by atoms with Crippen LogP contribution in [0, 0.1) is 13.8 Å². The fourth-order valence-electron chi connectivity index (χ4n) is 2.32. The van der Waals surface area contributed by atoms with Crippen molar-refractivity contribution >= 4 is 17.6 Å². The van der Waals surface area contributed by atoms with Gasteiger partial charge in [0.15, 0.2) is 0 Å². The number of aromatic nitrogens is 1. The highest BCUT2D eigenvalue weighted by molar-refractivity contribution is 6.08. The van der Waals surface area contributed by atoms with Gasteiger partial charge in [-0.2, -0.15) is 0 Å². The predicted molar refractivity (Wildman–Crippen MR) is 81.0 cm³/mol. The molecule has 0 radical (unpaired) electrons. The van der Waals surface area contributed by atoms with E-state index < -0.39 is 5.97 Å². The Morgan fingerprint density at radius 2 is 1.81 bits per heavy atom. The van der Waals surface area contributed by atoms with Crippen molar-refractivity contribution in [3.63, 3.8) is 0 Å². The van der Waals surface area contributed by atoms with Crippen LogP contribution in [0.4, 0.5) is 5.69 Å². The number of anilines is 1. The monoisotopic (exact) mass is 286 g/mol. The van der Waals surface area contributed by atoms with Crippen molar-refractivity contribution in [2.24, 2.45) is 0 Å². The summed E-state index contributed by atoms with van der Waals surface area (Å²) in [6, 6.07) is 7.59. The summed E-state index contributed by atoms with van der Waals surface area (Å²) in [5.41, 5.74) is 3.31. The molecule has 0 saturated heterocycles. The minimum Gasteiger partial charge on any atom is -0.477 e. The Hall–Kier alpha value is -2.56. The van der Waals surface area contributed by atoms with Crippen LogP contribution in [0.5, 0.6) is 0 Å². The SMILES string of the molecule is CCc1ccc(NC(=O)c2c(C)[nH]c(C(=O)O)c2C)cc1. The number of carbonyl (C=O) groups excluding carboxylic acids is 1. The van der Waals surface area contributed by atoms with Gasteiger partial charge in [0.1, 0.15) is 5.69 Å². The smallest absolute Gasteiger partial charge is 0.352 e. The molecule has 1 heterocycles. The van der Waals surface area contributed by atoms with Crippen LogP contribution >= 0.6 is 0 Å². The molecule has 3 N–H and O–H groups in total. The van der Waals surface area contributed by atoms with Crippen LogP contribution in [-0.4, -0.2) is 22.0 Å². The molecule has 2 rings (SSSR count). The summed E-state index contributed by atoms with van der Waals surface area (Å²) in [6.07, 6.45) is 0.937. The van der Waals surface area contributed by atoms with Crippen molar-refractivity contribution in [1.82, 2.24) is 4.98 Å². The second-order valence-corrected chi connectivity index (χ2v) is 4.93. The average molecular weight is 286 g/mol. The Bertz CT molecular complexity index is 684. The van der Waals surface area contributed by atoms with Gasteiger partial charge in [0.25, 0.3) is 5.91 Å². The molecule has 0 aliphatic rings. The number of aryl methyl sites for hydroxylation is 2. The molecule has 0 aliphatic carbocycles. The van der Waals surface area contributed by atoms with E-state index in [9.17, 15) is 9.59 Å². The first-order valence-electron chi connectivity index (χ1n) is 6.76. The van der Waals surface area contributed by atoms with E-state index in [2.05, 4.69) is 17.2 Å². The first-order valence-corrected chi connectivity index (χ1v) is 6.76. The van der Waals surface area contributed by atoms with Gasteiger partial charge in [-0.05, 0) is 43.5 Å². The maximum atomic E-state index is 12.3. The normalized spacial score (nSPS) is 10.4. The van der Waals surface area contributed by atoms with Crippen LogP contribution in [-0.2, 0) is 6.42 Å². The molecule has 0 bridgehead atoms. The highest BCUT2D eigenvalue weighted by Crippen LogP contribution is 2.20. The third-order valence-electron chi connectivity index (χ3n) is 3.50. The van der Waals surface area contributed by atoms with Crippen LogP contribution in [0.25, 0.3) is 0 Å². The fraction of sp³-hybridized carbons (Fsp3) is 0.250. The van der Waals surface area contributed by atoms with Gasteiger partial charge in [-0.25, -0.2) is 4.79 Å². The molecule has 0 unspecified atom stereocenters. The fourth-order valence-corrected chi connectivity index (χ4v) is 2.32. The standard InChI is InChI=1S/C16H18N2O3/c1-4-11-5-7-12(8-6-11)18-15(19)13-9(2)14(16(20)21)17-10(13)3/h5-8,17H,4H2,1-3H3,(H,18,19)(H,20,21). The van der Waals surface area contributed by atoms with Gasteiger partial charge in [-0.3, -0.25) is 4.79 Å². The number of nitrogens with one attached hydrogen (secondary N) is 2.